The van der Waals surface area contributed by atoms with Gasteiger partial charge in [0.25, 0.3) is 0 Å². The second kappa shape index (κ2) is 7.94. The van der Waals surface area contributed by atoms with Gasteiger partial charge < -0.3 is 17.8 Å². The van der Waals surface area contributed by atoms with Gasteiger partial charge in [0.2, 0.25) is 0 Å². The SMILES string of the molecule is CCCn1c2cc(C(C)(C)C)c3oc4c5ccccc5c5oc6c7ccccc7c7oc8c(C(C)(C)C)cc1c1c8c7c6c5c4c3c12. The van der Waals surface area contributed by atoms with Crippen molar-refractivity contribution < 1.29 is 13.3 Å². The monoisotopic (exact) mass is 613 g/mol. The molecule has 0 aliphatic carbocycles. The molecular weight excluding hydrogens is 578 g/mol. The summed E-state index contributed by atoms with van der Waals surface area (Å²) >= 11 is 0. The topological polar surface area (TPSA) is 44.4 Å². The van der Waals surface area contributed by atoms with Gasteiger partial charge >= 0.3 is 0 Å². The van der Waals surface area contributed by atoms with Crippen molar-refractivity contribution in [1.82, 2.24) is 4.57 Å². The van der Waals surface area contributed by atoms with E-state index < -0.39 is 0 Å². The summed E-state index contributed by atoms with van der Waals surface area (Å²) in [5, 5.41) is 13.9. The van der Waals surface area contributed by atoms with Gasteiger partial charge in [0, 0.05) is 82.3 Å². The summed E-state index contributed by atoms with van der Waals surface area (Å²) in [7, 11) is 0. The van der Waals surface area contributed by atoms with Crippen molar-refractivity contribution in [3.05, 3.63) is 71.8 Å². The zero-order chi connectivity index (χ0) is 31.9. The Kier molecular flexibility index (Phi) is 4.42. The Balaban J connectivity index is 1.64. The van der Waals surface area contributed by atoms with E-state index in [2.05, 4.69) is 114 Å². The van der Waals surface area contributed by atoms with Crippen LogP contribution in [-0.4, -0.2) is 4.57 Å². The molecule has 0 saturated carbocycles. The van der Waals surface area contributed by atoms with Gasteiger partial charge in [-0.1, -0.05) is 97.0 Å². The number of fused-ring (bicyclic) bond motifs is 6. The molecular formula is C43H35NO3. The second-order valence-electron chi connectivity index (χ2n) is 15.9. The van der Waals surface area contributed by atoms with Crippen molar-refractivity contribution in [3.8, 4) is 0 Å². The van der Waals surface area contributed by atoms with E-state index in [9.17, 15) is 0 Å². The molecule has 0 atom stereocenters. The quantitative estimate of drug-likeness (QED) is 0.195. The molecule has 0 fully saturated rings. The molecule has 0 N–H and O–H groups in total. The van der Waals surface area contributed by atoms with Crippen LogP contribution < -0.4 is 0 Å². The lowest BCUT2D eigenvalue weighted by molar-refractivity contribution is 0.573. The highest BCUT2D eigenvalue weighted by molar-refractivity contribution is 6.49. The van der Waals surface area contributed by atoms with Crippen LogP contribution in [0.15, 0.2) is 73.9 Å². The lowest BCUT2D eigenvalue weighted by Crippen LogP contribution is -2.12. The number of hydrogen-bond donors (Lipinski definition) is 0. The van der Waals surface area contributed by atoms with Crippen LogP contribution in [0.3, 0.4) is 0 Å². The van der Waals surface area contributed by atoms with Gasteiger partial charge in [-0.2, -0.15) is 0 Å². The molecule has 0 saturated heterocycles. The fourth-order valence-corrected chi connectivity index (χ4v) is 9.07. The fourth-order valence-electron chi connectivity index (χ4n) is 9.07. The molecule has 4 heteroatoms. The number of benzene rings is 6. The first kappa shape index (κ1) is 26.1. The Bertz CT molecular complexity index is 2880. The number of aryl methyl sites for hydroxylation is 1. The van der Waals surface area contributed by atoms with Gasteiger partial charge in [-0.25, -0.2) is 0 Å². The van der Waals surface area contributed by atoms with E-state index in [0.29, 0.717) is 0 Å². The predicted octanol–water partition coefficient (Wildman–Crippen LogP) is 13.1. The van der Waals surface area contributed by atoms with Crippen molar-refractivity contribution >= 4 is 109 Å². The number of furan rings is 3. The predicted molar refractivity (Wildman–Crippen MR) is 198 cm³/mol. The van der Waals surface area contributed by atoms with Crippen molar-refractivity contribution in [2.45, 2.75) is 72.3 Å². The first-order valence-corrected chi connectivity index (χ1v) is 17.0. The highest BCUT2D eigenvalue weighted by atomic mass is 16.3. The van der Waals surface area contributed by atoms with Crippen LogP contribution in [0.1, 0.15) is 66.0 Å². The highest BCUT2D eigenvalue weighted by Crippen LogP contribution is 2.57. The Hall–Kier alpha value is -4.96. The number of nitrogens with zero attached hydrogens (tertiary/aromatic N) is 1. The zero-order valence-corrected chi connectivity index (χ0v) is 27.9. The fraction of sp³-hybridized carbons (Fsp3) is 0.256. The largest absolute Gasteiger partial charge is 0.455 e. The van der Waals surface area contributed by atoms with Crippen LogP contribution >= 0.6 is 0 Å². The molecule has 0 aliphatic rings. The Labute approximate surface area is 270 Å². The Morgan fingerprint density at radius 1 is 0.468 bits per heavy atom. The summed E-state index contributed by atoms with van der Waals surface area (Å²) in [6, 6.07) is 22.1. The molecule has 230 valence electrons. The summed E-state index contributed by atoms with van der Waals surface area (Å²) in [5.74, 6) is 0. The number of rotatable bonds is 2. The highest BCUT2D eigenvalue weighted by Gasteiger charge is 2.35. The standard InChI is InChI=1S/C43H35NO3/c1-8-17-44-26-18-24(42(2,3)4)40-30-28(26)29-27(44)19-25(43(5,6)7)41-31(29)33-35-34-32(30)38(46-40)22-15-11-9-13-20(22)36(34)45-37(35)21-14-10-12-16-23(21)39(33)47-41/h9-16,18-19H,8,17H2,1-7H3. The van der Waals surface area contributed by atoms with Gasteiger partial charge in [-0.3, -0.25) is 0 Å². The summed E-state index contributed by atoms with van der Waals surface area (Å²) in [6.07, 6.45) is 1.04. The molecule has 0 bridgehead atoms. The second-order valence-corrected chi connectivity index (χ2v) is 15.9. The third kappa shape index (κ3) is 2.85. The van der Waals surface area contributed by atoms with Gasteiger partial charge in [0.1, 0.15) is 33.5 Å². The minimum absolute atomic E-state index is 0.137. The molecule has 47 heavy (non-hydrogen) atoms. The first-order valence-electron chi connectivity index (χ1n) is 17.0. The molecule has 0 amide bonds. The smallest absolute Gasteiger partial charge is 0.144 e. The molecule has 11 aromatic rings. The summed E-state index contributed by atoms with van der Waals surface area (Å²) in [5.41, 5.74) is 10.4. The maximum atomic E-state index is 7.22. The zero-order valence-electron chi connectivity index (χ0n) is 27.9. The lowest BCUT2D eigenvalue weighted by atomic mass is 9.82. The third-order valence-corrected chi connectivity index (χ3v) is 11.0. The Morgan fingerprint density at radius 2 is 0.787 bits per heavy atom. The lowest BCUT2D eigenvalue weighted by Gasteiger charge is -2.20. The molecule has 0 radical (unpaired) electrons. The molecule has 11 rings (SSSR count). The normalized spacial score (nSPS) is 14.0. The third-order valence-electron chi connectivity index (χ3n) is 11.0. The maximum absolute atomic E-state index is 7.22. The number of aromatic nitrogens is 1. The summed E-state index contributed by atoms with van der Waals surface area (Å²) < 4.78 is 24.2. The average Bonchev–Trinajstić information content (AvgIpc) is 3.78. The van der Waals surface area contributed by atoms with E-state index in [4.69, 9.17) is 13.3 Å². The molecule has 0 unspecified atom stereocenters. The van der Waals surface area contributed by atoms with E-state index in [-0.39, 0.29) is 10.8 Å². The minimum Gasteiger partial charge on any atom is -0.455 e. The van der Waals surface area contributed by atoms with Gasteiger partial charge in [-0.15, -0.1) is 0 Å². The van der Waals surface area contributed by atoms with Crippen LogP contribution in [-0.2, 0) is 17.4 Å². The minimum atomic E-state index is -0.137. The molecule has 7 aromatic carbocycles. The maximum Gasteiger partial charge on any atom is 0.144 e. The average molecular weight is 614 g/mol. The molecule has 4 heterocycles. The van der Waals surface area contributed by atoms with Gasteiger partial charge in [-0.05, 0) is 29.4 Å². The molecule has 0 spiro atoms. The van der Waals surface area contributed by atoms with E-state index in [0.717, 1.165) is 89.6 Å². The van der Waals surface area contributed by atoms with Crippen LogP contribution in [0.2, 0.25) is 0 Å². The van der Waals surface area contributed by atoms with Crippen LogP contribution in [0.5, 0.6) is 0 Å². The van der Waals surface area contributed by atoms with Gasteiger partial charge in [0.05, 0.1) is 11.0 Å². The van der Waals surface area contributed by atoms with Gasteiger partial charge in [0.15, 0.2) is 0 Å². The molecule has 0 aliphatic heterocycles. The van der Waals surface area contributed by atoms with E-state index in [1.54, 1.807) is 0 Å². The van der Waals surface area contributed by atoms with Crippen LogP contribution in [0.25, 0.3) is 109 Å². The van der Waals surface area contributed by atoms with E-state index in [1.807, 2.05) is 0 Å². The summed E-state index contributed by atoms with van der Waals surface area (Å²) in [6.45, 7) is 17.0. The number of hydrogen-bond acceptors (Lipinski definition) is 3. The van der Waals surface area contributed by atoms with E-state index >= 15 is 0 Å². The Morgan fingerprint density at radius 3 is 1.11 bits per heavy atom. The van der Waals surface area contributed by atoms with Crippen molar-refractivity contribution in [2.75, 3.05) is 0 Å². The molecule has 4 aromatic heterocycles. The molecule has 4 nitrogen and oxygen atoms in total. The summed E-state index contributed by atoms with van der Waals surface area (Å²) in [4.78, 5) is 0. The van der Waals surface area contributed by atoms with Crippen molar-refractivity contribution in [2.24, 2.45) is 0 Å². The van der Waals surface area contributed by atoms with Crippen LogP contribution in [0.4, 0.5) is 0 Å². The first-order chi connectivity index (χ1) is 22.6. The van der Waals surface area contributed by atoms with Crippen molar-refractivity contribution in [3.63, 3.8) is 0 Å². The van der Waals surface area contributed by atoms with Crippen LogP contribution in [0, 0.1) is 0 Å². The van der Waals surface area contributed by atoms with E-state index in [1.165, 1.54) is 43.7 Å². The van der Waals surface area contributed by atoms with Crippen molar-refractivity contribution in [1.29, 1.82) is 0 Å².